The Balaban J connectivity index is 2.62. The molecule has 18 heavy (non-hydrogen) atoms. The molecule has 0 spiro atoms. The first-order valence-electron chi connectivity index (χ1n) is 5.07. The second kappa shape index (κ2) is 4.77. The summed E-state index contributed by atoms with van der Waals surface area (Å²) in [5.74, 6) is 1.04. The van der Waals surface area contributed by atoms with Crippen molar-refractivity contribution in [1.82, 2.24) is 9.55 Å². The van der Waals surface area contributed by atoms with Gasteiger partial charge in [-0.2, -0.15) is 4.98 Å². The van der Waals surface area contributed by atoms with Gasteiger partial charge in [-0.25, -0.2) is 0 Å². The smallest absolute Gasteiger partial charge is 0.294 e. The topological polar surface area (TPSA) is 70.2 Å². The monoisotopic (exact) mass is 311 g/mol. The van der Waals surface area contributed by atoms with Crippen molar-refractivity contribution < 1.29 is 9.66 Å². The fourth-order valence-electron chi connectivity index (χ4n) is 1.63. The number of nitro groups is 1. The number of halogens is 1. The number of nitro benzene ring substituents is 1. The van der Waals surface area contributed by atoms with E-state index in [4.69, 9.17) is 4.74 Å². The van der Waals surface area contributed by atoms with Crippen LogP contribution >= 0.6 is 15.9 Å². The number of hydrogen-bond acceptors (Lipinski definition) is 4. The van der Waals surface area contributed by atoms with Crippen LogP contribution in [0.25, 0.3) is 5.69 Å². The van der Waals surface area contributed by atoms with Crippen LogP contribution in [0, 0.1) is 17.0 Å². The average molecular weight is 312 g/mol. The predicted octanol–water partition coefficient (Wildman–Crippen LogP) is 2.86. The standard InChI is InChI=1S/C11H10BrN3O3/c1-7-13-11(18-2)6-14(7)9-4-3-8(12)5-10(9)15(16)17/h3-6H,1-2H3. The van der Waals surface area contributed by atoms with Crippen LogP contribution in [0.3, 0.4) is 0 Å². The van der Waals surface area contributed by atoms with Gasteiger partial charge in [0.15, 0.2) is 0 Å². The summed E-state index contributed by atoms with van der Waals surface area (Å²) in [6, 6.07) is 4.87. The van der Waals surface area contributed by atoms with Crippen LogP contribution in [0.2, 0.25) is 0 Å². The number of aryl methyl sites for hydroxylation is 1. The van der Waals surface area contributed by atoms with Crippen LogP contribution in [0.15, 0.2) is 28.9 Å². The molecule has 1 aromatic carbocycles. The first-order valence-corrected chi connectivity index (χ1v) is 5.86. The Kier molecular flexibility index (Phi) is 3.33. The molecule has 0 atom stereocenters. The van der Waals surface area contributed by atoms with Crippen molar-refractivity contribution in [2.45, 2.75) is 6.92 Å². The molecule has 1 aromatic heterocycles. The number of imidazole rings is 1. The molecule has 2 aromatic rings. The minimum atomic E-state index is -0.425. The highest BCUT2D eigenvalue weighted by Gasteiger charge is 2.18. The Hall–Kier alpha value is -1.89. The Bertz CT molecular complexity index is 610. The van der Waals surface area contributed by atoms with E-state index in [1.165, 1.54) is 13.2 Å². The molecule has 0 fully saturated rings. The van der Waals surface area contributed by atoms with Gasteiger partial charge in [-0.05, 0) is 19.1 Å². The molecular formula is C11H10BrN3O3. The molecule has 0 N–H and O–H groups in total. The summed E-state index contributed by atoms with van der Waals surface area (Å²) in [7, 11) is 1.50. The first kappa shape index (κ1) is 12.6. The summed E-state index contributed by atoms with van der Waals surface area (Å²) < 4.78 is 7.29. The van der Waals surface area contributed by atoms with E-state index in [1.54, 1.807) is 29.8 Å². The van der Waals surface area contributed by atoms with Crippen molar-refractivity contribution in [3.8, 4) is 11.6 Å². The van der Waals surface area contributed by atoms with Crippen LogP contribution in [0.5, 0.6) is 5.88 Å². The van der Waals surface area contributed by atoms with E-state index in [9.17, 15) is 10.1 Å². The Morgan fingerprint density at radius 2 is 2.22 bits per heavy atom. The highest BCUT2D eigenvalue weighted by molar-refractivity contribution is 9.10. The van der Waals surface area contributed by atoms with Gasteiger partial charge in [0, 0.05) is 10.5 Å². The molecule has 94 valence electrons. The summed E-state index contributed by atoms with van der Waals surface area (Å²) in [4.78, 5) is 14.8. The van der Waals surface area contributed by atoms with Gasteiger partial charge in [0.05, 0.1) is 18.2 Å². The second-order valence-electron chi connectivity index (χ2n) is 3.59. The summed E-state index contributed by atoms with van der Waals surface area (Å²) >= 11 is 3.22. The van der Waals surface area contributed by atoms with Crippen molar-refractivity contribution >= 4 is 21.6 Å². The lowest BCUT2D eigenvalue weighted by molar-refractivity contribution is -0.384. The molecule has 1 heterocycles. The number of hydrogen-bond donors (Lipinski definition) is 0. The van der Waals surface area contributed by atoms with Gasteiger partial charge in [-0.3, -0.25) is 14.7 Å². The fraction of sp³-hybridized carbons (Fsp3) is 0.182. The lowest BCUT2D eigenvalue weighted by atomic mass is 10.2. The van der Waals surface area contributed by atoms with Crippen molar-refractivity contribution in [3.05, 3.63) is 44.8 Å². The predicted molar refractivity (Wildman–Crippen MR) is 69.2 cm³/mol. The van der Waals surface area contributed by atoms with Crippen LogP contribution < -0.4 is 4.74 Å². The molecule has 0 bridgehead atoms. The number of aromatic nitrogens is 2. The molecule has 0 saturated carbocycles. The summed E-state index contributed by atoms with van der Waals surface area (Å²) in [5.41, 5.74) is 0.462. The van der Waals surface area contributed by atoms with E-state index in [-0.39, 0.29) is 5.69 Å². The highest BCUT2D eigenvalue weighted by Crippen LogP contribution is 2.28. The maximum absolute atomic E-state index is 11.1. The normalized spacial score (nSPS) is 10.4. The van der Waals surface area contributed by atoms with Gasteiger partial charge in [0.1, 0.15) is 11.5 Å². The van der Waals surface area contributed by atoms with Gasteiger partial charge < -0.3 is 4.74 Å². The minimum absolute atomic E-state index is 0.00697. The van der Waals surface area contributed by atoms with Crippen molar-refractivity contribution in [3.63, 3.8) is 0 Å². The fourth-order valence-corrected chi connectivity index (χ4v) is 1.98. The van der Waals surface area contributed by atoms with Gasteiger partial charge in [-0.15, -0.1) is 0 Å². The summed E-state index contributed by atoms with van der Waals surface area (Å²) in [6.07, 6.45) is 1.62. The van der Waals surface area contributed by atoms with Crippen molar-refractivity contribution in [1.29, 1.82) is 0 Å². The maximum Gasteiger partial charge on any atom is 0.294 e. The number of methoxy groups -OCH3 is 1. The van der Waals surface area contributed by atoms with E-state index in [1.807, 2.05) is 0 Å². The quantitative estimate of drug-likeness (QED) is 0.645. The van der Waals surface area contributed by atoms with Crippen LogP contribution in [0.1, 0.15) is 5.82 Å². The highest BCUT2D eigenvalue weighted by atomic mass is 79.9. The van der Waals surface area contributed by atoms with Gasteiger partial charge >= 0.3 is 0 Å². The SMILES string of the molecule is COc1cn(-c2ccc(Br)cc2[N+](=O)[O-])c(C)n1. The number of benzene rings is 1. The average Bonchev–Trinajstić information content (AvgIpc) is 2.70. The third-order valence-corrected chi connectivity index (χ3v) is 2.96. The van der Waals surface area contributed by atoms with Crippen molar-refractivity contribution in [2.75, 3.05) is 7.11 Å². The molecule has 2 rings (SSSR count). The van der Waals surface area contributed by atoms with Crippen LogP contribution in [-0.2, 0) is 0 Å². The van der Waals surface area contributed by atoms with Gasteiger partial charge in [0.25, 0.3) is 5.69 Å². The first-order chi connectivity index (χ1) is 8.52. The molecule has 6 nitrogen and oxygen atoms in total. The summed E-state index contributed by atoms with van der Waals surface area (Å²) in [5, 5.41) is 11.1. The van der Waals surface area contributed by atoms with Gasteiger partial charge in [0.2, 0.25) is 5.88 Å². The molecule has 0 amide bonds. The summed E-state index contributed by atoms with van der Waals surface area (Å²) in [6.45, 7) is 1.76. The van der Waals surface area contributed by atoms with E-state index >= 15 is 0 Å². The molecule has 0 unspecified atom stereocenters. The van der Waals surface area contributed by atoms with E-state index < -0.39 is 4.92 Å². The minimum Gasteiger partial charge on any atom is -0.480 e. The molecule has 0 aliphatic heterocycles. The molecule has 0 saturated heterocycles. The maximum atomic E-state index is 11.1. The third-order valence-electron chi connectivity index (χ3n) is 2.46. The zero-order valence-electron chi connectivity index (χ0n) is 9.75. The third kappa shape index (κ3) is 2.21. The van der Waals surface area contributed by atoms with E-state index in [0.717, 1.165) is 0 Å². The molecule has 0 aliphatic carbocycles. The Labute approximate surface area is 111 Å². The zero-order chi connectivity index (χ0) is 13.3. The number of ether oxygens (including phenoxy) is 1. The lowest BCUT2D eigenvalue weighted by Gasteiger charge is -2.05. The Morgan fingerprint density at radius 1 is 1.50 bits per heavy atom. The largest absolute Gasteiger partial charge is 0.480 e. The lowest BCUT2D eigenvalue weighted by Crippen LogP contribution is -2.01. The molecule has 0 aliphatic rings. The molecular weight excluding hydrogens is 302 g/mol. The number of rotatable bonds is 3. The second-order valence-corrected chi connectivity index (χ2v) is 4.51. The van der Waals surface area contributed by atoms with Crippen molar-refractivity contribution in [2.24, 2.45) is 0 Å². The van der Waals surface area contributed by atoms with E-state index in [2.05, 4.69) is 20.9 Å². The zero-order valence-corrected chi connectivity index (χ0v) is 11.3. The molecule has 0 radical (unpaired) electrons. The molecule has 7 heteroatoms. The van der Waals surface area contributed by atoms with Gasteiger partial charge in [-0.1, -0.05) is 15.9 Å². The van der Waals surface area contributed by atoms with E-state index in [0.29, 0.717) is 21.9 Å². The van der Waals surface area contributed by atoms with Crippen LogP contribution in [0.4, 0.5) is 5.69 Å². The Morgan fingerprint density at radius 3 is 2.78 bits per heavy atom. The van der Waals surface area contributed by atoms with Crippen LogP contribution in [-0.4, -0.2) is 21.6 Å². The number of nitrogens with zero attached hydrogens (tertiary/aromatic N) is 3.